The van der Waals surface area contributed by atoms with Crippen LogP contribution in [0.4, 0.5) is 0 Å². The van der Waals surface area contributed by atoms with Gasteiger partial charge in [-0.2, -0.15) is 0 Å². The van der Waals surface area contributed by atoms with Crippen molar-refractivity contribution in [3.8, 4) is 0 Å². The fourth-order valence-electron chi connectivity index (χ4n) is 3.71. The average Bonchev–Trinajstić information content (AvgIpc) is 3.05. The van der Waals surface area contributed by atoms with Crippen LogP contribution in [0.3, 0.4) is 0 Å². The Morgan fingerprint density at radius 1 is 1.07 bits per heavy atom. The molecule has 2 aromatic rings. The van der Waals surface area contributed by atoms with E-state index in [-0.39, 0.29) is 42.5 Å². The lowest BCUT2D eigenvalue weighted by Crippen LogP contribution is -2.39. The molecule has 0 saturated carbocycles. The third kappa shape index (κ3) is 4.34. The highest BCUT2D eigenvalue weighted by atomic mass is 16.2. The summed E-state index contributed by atoms with van der Waals surface area (Å²) >= 11 is 0. The van der Waals surface area contributed by atoms with Crippen LogP contribution < -0.4 is 10.6 Å². The quantitative estimate of drug-likeness (QED) is 0.763. The summed E-state index contributed by atoms with van der Waals surface area (Å²) in [6.45, 7) is 0.626. The van der Waals surface area contributed by atoms with E-state index in [4.69, 9.17) is 0 Å². The number of fused-ring (bicyclic) bond motifs is 1. The summed E-state index contributed by atoms with van der Waals surface area (Å²) in [7, 11) is 3.48. The van der Waals surface area contributed by atoms with E-state index in [0.29, 0.717) is 18.5 Å². The molecule has 142 valence electrons. The second-order valence-electron chi connectivity index (χ2n) is 7.02. The van der Waals surface area contributed by atoms with Gasteiger partial charge in [0.25, 0.3) is 0 Å². The van der Waals surface area contributed by atoms with Crippen LogP contribution in [0.15, 0.2) is 42.5 Å². The van der Waals surface area contributed by atoms with E-state index in [1.807, 2.05) is 54.4 Å². The van der Waals surface area contributed by atoms with Gasteiger partial charge < -0.3 is 10.6 Å². The normalized spacial score (nSPS) is 19.8. The summed E-state index contributed by atoms with van der Waals surface area (Å²) in [6, 6.07) is 13.1. The van der Waals surface area contributed by atoms with Gasteiger partial charge in [-0.05, 0) is 24.2 Å². The molecule has 1 aliphatic heterocycles. The van der Waals surface area contributed by atoms with Crippen molar-refractivity contribution in [3.63, 3.8) is 0 Å². The lowest BCUT2D eigenvalue weighted by atomic mass is 9.99. The van der Waals surface area contributed by atoms with E-state index < -0.39 is 0 Å². The summed E-state index contributed by atoms with van der Waals surface area (Å²) in [5, 5.41) is 7.52. The van der Waals surface area contributed by atoms with E-state index in [0.717, 1.165) is 10.8 Å². The minimum absolute atomic E-state index is 0.0336. The molecular formula is C21H25N3O3. The molecule has 0 radical (unpaired) electrons. The Morgan fingerprint density at radius 2 is 1.81 bits per heavy atom. The highest BCUT2D eigenvalue weighted by molar-refractivity contribution is 6.08. The second-order valence-corrected chi connectivity index (χ2v) is 7.02. The van der Waals surface area contributed by atoms with Crippen molar-refractivity contribution in [2.45, 2.75) is 31.3 Å². The first-order chi connectivity index (χ1) is 13.0. The highest BCUT2D eigenvalue weighted by Crippen LogP contribution is 2.20. The molecular weight excluding hydrogens is 342 g/mol. The van der Waals surface area contributed by atoms with E-state index in [1.165, 1.54) is 0 Å². The van der Waals surface area contributed by atoms with Gasteiger partial charge in [-0.25, -0.2) is 0 Å². The number of hydrogen-bond donors (Lipinski definition) is 2. The number of likely N-dealkylation sites (N-methyl/N-ethyl adjacent to an activating group) is 2. The lowest BCUT2D eigenvalue weighted by Gasteiger charge is -2.16. The molecule has 3 rings (SSSR count). The third-order valence-corrected chi connectivity index (χ3v) is 5.13. The predicted molar refractivity (Wildman–Crippen MR) is 105 cm³/mol. The van der Waals surface area contributed by atoms with Gasteiger partial charge in [0.2, 0.25) is 11.8 Å². The van der Waals surface area contributed by atoms with Crippen molar-refractivity contribution in [1.82, 2.24) is 15.5 Å². The van der Waals surface area contributed by atoms with Crippen LogP contribution in [-0.4, -0.2) is 55.2 Å². The molecule has 0 unspecified atom stereocenters. The molecule has 1 saturated heterocycles. The Hall–Kier alpha value is -2.73. The Morgan fingerprint density at radius 3 is 2.59 bits per heavy atom. The number of nitrogens with one attached hydrogen (secondary N) is 2. The van der Waals surface area contributed by atoms with E-state index >= 15 is 0 Å². The molecule has 0 bridgehead atoms. The number of benzene rings is 2. The van der Waals surface area contributed by atoms with Crippen molar-refractivity contribution in [3.05, 3.63) is 48.0 Å². The molecule has 1 heterocycles. The summed E-state index contributed by atoms with van der Waals surface area (Å²) in [6.07, 6.45) is 0.896. The summed E-state index contributed by atoms with van der Waals surface area (Å²) in [5.74, 6) is -0.228. The fraction of sp³-hybridized carbons (Fsp3) is 0.381. The summed E-state index contributed by atoms with van der Waals surface area (Å²) in [5.41, 5.74) is 0.654. The third-order valence-electron chi connectivity index (χ3n) is 5.13. The number of carbonyl (C=O) groups is 3. The van der Waals surface area contributed by atoms with Gasteiger partial charge in [0, 0.05) is 38.0 Å². The second kappa shape index (κ2) is 8.31. The summed E-state index contributed by atoms with van der Waals surface area (Å²) < 4.78 is 0. The lowest BCUT2D eigenvalue weighted by molar-refractivity contribution is -0.125. The molecule has 1 aliphatic rings. The average molecular weight is 367 g/mol. The minimum atomic E-state index is -0.224. The van der Waals surface area contributed by atoms with Gasteiger partial charge in [-0.1, -0.05) is 42.5 Å². The van der Waals surface area contributed by atoms with Crippen LogP contribution in [0.25, 0.3) is 10.8 Å². The molecule has 2 amide bonds. The van der Waals surface area contributed by atoms with E-state index in [1.54, 1.807) is 7.05 Å². The van der Waals surface area contributed by atoms with Crippen LogP contribution in [0.2, 0.25) is 0 Å². The molecule has 6 nitrogen and oxygen atoms in total. The van der Waals surface area contributed by atoms with Crippen LogP contribution in [0, 0.1) is 0 Å². The molecule has 0 aliphatic carbocycles. The van der Waals surface area contributed by atoms with Crippen LogP contribution >= 0.6 is 0 Å². The Bertz CT molecular complexity index is 859. The fourth-order valence-corrected chi connectivity index (χ4v) is 3.71. The maximum Gasteiger partial charge on any atom is 0.237 e. The standard InChI is InChI=1S/C21H25N3O3/c1-22-21(27)18-12-15(13-24(18)2)23-20(26)11-10-19(25)17-9-5-7-14-6-3-4-8-16(14)17/h3-9,15,18H,10-13H2,1-2H3,(H,22,27)(H,23,26)/t15-,18+/m1/s1. The molecule has 2 aromatic carbocycles. The maximum atomic E-state index is 12.6. The number of hydrogen-bond acceptors (Lipinski definition) is 4. The van der Waals surface area contributed by atoms with Gasteiger partial charge in [0.15, 0.2) is 5.78 Å². The molecule has 0 spiro atoms. The van der Waals surface area contributed by atoms with Gasteiger partial charge in [-0.15, -0.1) is 0 Å². The monoisotopic (exact) mass is 367 g/mol. The smallest absolute Gasteiger partial charge is 0.237 e. The number of rotatable bonds is 6. The number of Topliss-reactive ketones (excluding diaryl/α,β-unsaturated/α-hetero) is 1. The highest BCUT2D eigenvalue weighted by Gasteiger charge is 2.34. The zero-order chi connectivity index (χ0) is 19.4. The van der Waals surface area contributed by atoms with Crippen LogP contribution in [0.5, 0.6) is 0 Å². The molecule has 2 N–H and O–H groups in total. The maximum absolute atomic E-state index is 12.6. The zero-order valence-corrected chi connectivity index (χ0v) is 15.7. The molecule has 2 atom stereocenters. The first kappa shape index (κ1) is 19.0. The molecule has 27 heavy (non-hydrogen) atoms. The Kier molecular flexibility index (Phi) is 5.86. The van der Waals surface area contributed by atoms with Gasteiger partial charge in [0.05, 0.1) is 6.04 Å². The van der Waals surface area contributed by atoms with Crippen LogP contribution in [-0.2, 0) is 9.59 Å². The Labute approximate surface area is 158 Å². The first-order valence-corrected chi connectivity index (χ1v) is 9.21. The largest absolute Gasteiger partial charge is 0.358 e. The van der Waals surface area contributed by atoms with Gasteiger partial charge >= 0.3 is 0 Å². The van der Waals surface area contributed by atoms with Crippen molar-refractivity contribution < 1.29 is 14.4 Å². The molecule has 0 aromatic heterocycles. The number of likely N-dealkylation sites (tertiary alicyclic amines) is 1. The minimum Gasteiger partial charge on any atom is -0.358 e. The number of nitrogens with zero attached hydrogens (tertiary/aromatic N) is 1. The number of amides is 2. The summed E-state index contributed by atoms with van der Waals surface area (Å²) in [4.78, 5) is 38.6. The Balaban J connectivity index is 1.55. The van der Waals surface area contributed by atoms with E-state index in [2.05, 4.69) is 10.6 Å². The van der Waals surface area contributed by atoms with Gasteiger partial charge in [-0.3, -0.25) is 19.3 Å². The van der Waals surface area contributed by atoms with E-state index in [9.17, 15) is 14.4 Å². The SMILES string of the molecule is CNC(=O)[C@@H]1C[C@@H](NC(=O)CCC(=O)c2cccc3ccccc23)CN1C. The van der Waals surface area contributed by atoms with Gasteiger partial charge in [0.1, 0.15) is 0 Å². The zero-order valence-electron chi connectivity index (χ0n) is 15.7. The molecule has 1 fully saturated rings. The van der Waals surface area contributed by atoms with Crippen molar-refractivity contribution in [1.29, 1.82) is 0 Å². The topological polar surface area (TPSA) is 78.5 Å². The van der Waals surface area contributed by atoms with Crippen LogP contribution in [0.1, 0.15) is 29.6 Å². The first-order valence-electron chi connectivity index (χ1n) is 9.21. The predicted octanol–water partition coefficient (Wildman–Crippen LogP) is 1.74. The van der Waals surface area contributed by atoms with Crippen molar-refractivity contribution in [2.75, 3.05) is 20.6 Å². The number of carbonyl (C=O) groups excluding carboxylic acids is 3. The van der Waals surface area contributed by atoms with Crippen molar-refractivity contribution in [2.24, 2.45) is 0 Å². The number of ketones is 1. The molecule has 6 heteroatoms. The van der Waals surface area contributed by atoms with Crippen molar-refractivity contribution >= 4 is 28.4 Å².